The summed E-state index contributed by atoms with van der Waals surface area (Å²) in [4.78, 5) is 6.06. The average Bonchev–Trinajstić information content (AvgIpc) is 3.17. The summed E-state index contributed by atoms with van der Waals surface area (Å²) >= 11 is 0. The van der Waals surface area contributed by atoms with E-state index in [0.29, 0.717) is 0 Å². The van der Waals surface area contributed by atoms with Gasteiger partial charge in [-0.1, -0.05) is 30.3 Å². The predicted octanol–water partition coefficient (Wildman–Crippen LogP) is 2.31. The molecule has 1 aliphatic heterocycles. The molecule has 0 aliphatic carbocycles. The summed E-state index contributed by atoms with van der Waals surface area (Å²) in [5, 5.41) is 2.59. The van der Waals surface area contributed by atoms with Crippen molar-refractivity contribution in [2.24, 2.45) is 7.05 Å². The number of piperidine rings is 1. The molecule has 0 atom stereocenters. The van der Waals surface area contributed by atoms with Crippen molar-refractivity contribution in [3.05, 3.63) is 72.1 Å². The predicted molar refractivity (Wildman–Crippen MR) is 118 cm³/mol. The maximum absolute atomic E-state index is 3.49. The Kier molecular flexibility index (Phi) is 5.90. The van der Waals surface area contributed by atoms with Gasteiger partial charge in [0.05, 0.1) is 11.1 Å². The van der Waals surface area contributed by atoms with Crippen LogP contribution in [0.4, 0.5) is 5.69 Å². The molecule has 3 nitrogen and oxygen atoms in total. The van der Waals surface area contributed by atoms with E-state index < -0.39 is 0 Å². The minimum atomic E-state index is 0. The lowest BCUT2D eigenvalue weighted by atomic mass is 10.1. The molecule has 1 fully saturated rings. The number of nitrogens with one attached hydrogen (secondary N) is 1. The largest absolute Gasteiger partial charge is 1.00 e. The van der Waals surface area contributed by atoms with Crippen LogP contribution in [0.1, 0.15) is 30.7 Å². The molecule has 5 rings (SSSR count). The second-order valence-electron chi connectivity index (χ2n) is 7.72. The van der Waals surface area contributed by atoms with Gasteiger partial charge in [-0.3, -0.25) is 0 Å². The Morgan fingerprint density at radius 3 is 2.48 bits per heavy atom. The Hall–Kier alpha value is -2.34. The van der Waals surface area contributed by atoms with Crippen LogP contribution in [0.15, 0.2) is 60.7 Å². The molecule has 2 aromatic heterocycles. The van der Waals surface area contributed by atoms with Gasteiger partial charge in [0, 0.05) is 42.5 Å². The van der Waals surface area contributed by atoms with Crippen LogP contribution in [0, 0.1) is 0 Å². The van der Waals surface area contributed by atoms with Gasteiger partial charge in [0.2, 0.25) is 11.2 Å². The van der Waals surface area contributed by atoms with Gasteiger partial charge in [-0.15, -0.1) is 0 Å². The Labute approximate surface area is 189 Å². The fourth-order valence-electron chi connectivity index (χ4n) is 4.35. The standard InChI is InChI=1S/C25H25N3.HI/c1-27-21(14-13-20-17-19-9-3-5-11-23(19)26-20)18-25(28-15-7-2-8-16-28)22-10-4-6-12-24(22)27;/h3-6,9-14,17-18H,2,7-8,15-16H2,1H3;1H. The van der Waals surface area contributed by atoms with E-state index in [1.807, 2.05) is 0 Å². The molecule has 148 valence electrons. The van der Waals surface area contributed by atoms with Crippen molar-refractivity contribution >= 4 is 39.6 Å². The Morgan fingerprint density at radius 2 is 1.66 bits per heavy atom. The summed E-state index contributed by atoms with van der Waals surface area (Å²) in [6, 6.07) is 21.7. The van der Waals surface area contributed by atoms with Crippen molar-refractivity contribution in [2.45, 2.75) is 19.3 Å². The SMILES string of the molecule is C[n+]1c(/C=C/c2cc3ccccc3[nH]2)cc(N2CCCCC2)c2ccccc21.[I-]. The van der Waals surface area contributed by atoms with E-state index in [1.54, 1.807) is 0 Å². The molecule has 2 aromatic carbocycles. The lowest BCUT2D eigenvalue weighted by molar-refractivity contribution is -0.646. The Balaban J connectivity index is 0.00000205. The maximum atomic E-state index is 3.49. The normalized spacial score (nSPS) is 14.6. The van der Waals surface area contributed by atoms with Crippen molar-refractivity contribution < 1.29 is 28.5 Å². The highest BCUT2D eigenvalue weighted by Crippen LogP contribution is 2.29. The smallest absolute Gasteiger partial charge is 0.214 e. The zero-order valence-corrected chi connectivity index (χ0v) is 18.9. The van der Waals surface area contributed by atoms with Crippen molar-refractivity contribution in [1.29, 1.82) is 0 Å². The maximum Gasteiger partial charge on any atom is 0.214 e. The first-order valence-corrected chi connectivity index (χ1v) is 10.2. The van der Waals surface area contributed by atoms with Gasteiger partial charge >= 0.3 is 0 Å². The molecular weight excluding hydrogens is 469 g/mol. The third-order valence-corrected chi connectivity index (χ3v) is 5.89. The van der Waals surface area contributed by atoms with E-state index in [-0.39, 0.29) is 24.0 Å². The third-order valence-electron chi connectivity index (χ3n) is 5.89. The number of rotatable bonds is 3. The van der Waals surface area contributed by atoms with Crippen LogP contribution in [0.5, 0.6) is 0 Å². The lowest BCUT2D eigenvalue weighted by Crippen LogP contribution is -3.00. The van der Waals surface area contributed by atoms with Gasteiger partial charge in [0.15, 0.2) is 0 Å². The summed E-state index contributed by atoms with van der Waals surface area (Å²) in [7, 11) is 2.16. The van der Waals surface area contributed by atoms with Crippen LogP contribution in [0.3, 0.4) is 0 Å². The number of H-pyrrole nitrogens is 1. The topological polar surface area (TPSA) is 22.9 Å². The van der Waals surface area contributed by atoms with Crippen molar-refractivity contribution in [3.8, 4) is 0 Å². The Morgan fingerprint density at radius 1 is 0.897 bits per heavy atom. The number of halogens is 1. The number of aromatic amines is 1. The van der Waals surface area contributed by atoms with Gasteiger partial charge in [-0.05, 0) is 48.9 Å². The third kappa shape index (κ3) is 3.90. The van der Waals surface area contributed by atoms with Crippen LogP contribution in [0.2, 0.25) is 0 Å². The molecule has 0 bridgehead atoms. The summed E-state index contributed by atoms with van der Waals surface area (Å²) in [6.07, 6.45) is 8.34. The molecule has 0 amide bonds. The van der Waals surface area contributed by atoms with Gasteiger partial charge in [0.25, 0.3) is 0 Å². The second kappa shape index (κ2) is 8.57. The first kappa shape index (κ1) is 20.0. The number of fused-ring (bicyclic) bond motifs is 2. The van der Waals surface area contributed by atoms with Gasteiger partial charge in [-0.25, -0.2) is 0 Å². The number of pyridine rings is 1. The zero-order valence-electron chi connectivity index (χ0n) is 16.7. The number of hydrogen-bond acceptors (Lipinski definition) is 1. The minimum absolute atomic E-state index is 0. The molecule has 0 radical (unpaired) electrons. The quantitative estimate of drug-likeness (QED) is 0.342. The number of aryl methyl sites for hydroxylation is 1. The summed E-state index contributed by atoms with van der Waals surface area (Å²) < 4.78 is 2.29. The number of anilines is 1. The fourth-order valence-corrected chi connectivity index (χ4v) is 4.35. The van der Waals surface area contributed by atoms with E-state index in [9.17, 15) is 0 Å². The highest BCUT2D eigenvalue weighted by atomic mass is 127. The first-order valence-electron chi connectivity index (χ1n) is 10.2. The van der Waals surface area contributed by atoms with Crippen molar-refractivity contribution in [1.82, 2.24) is 4.98 Å². The average molecular weight is 495 g/mol. The lowest BCUT2D eigenvalue weighted by Gasteiger charge is -2.29. The van der Waals surface area contributed by atoms with Gasteiger partial charge in [-0.2, -0.15) is 4.57 Å². The molecule has 1 aliphatic rings. The molecule has 4 aromatic rings. The van der Waals surface area contributed by atoms with E-state index in [0.717, 1.165) is 18.8 Å². The van der Waals surface area contributed by atoms with Crippen LogP contribution < -0.4 is 33.4 Å². The monoisotopic (exact) mass is 495 g/mol. The molecule has 1 N–H and O–H groups in total. The van der Waals surface area contributed by atoms with Crippen molar-refractivity contribution in [2.75, 3.05) is 18.0 Å². The van der Waals surface area contributed by atoms with Crippen LogP contribution in [-0.2, 0) is 7.05 Å². The van der Waals surface area contributed by atoms with Gasteiger partial charge < -0.3 is 33.9 Å². The summed E-state index contributed by atoms with van der Waals surface area (Å²) in [5.41, 5.74) is 6.18. The highest BCUT2D eigenvalue weighted by Gasteiger charge is 2.20. The van der Waals surface area contributed by atoms with E-state index in [4.69, 9.17) is 0 Å². The molecule has 4 heteroatoms. The number of benzene rings is 2. The van der Waals surface area contributed by atoms with E-state index in [1.165, 1.54) is 52.4 Å². The molecule has 0 saturated carbocycles. The zero-order chi connectivity index (χ0) is 18.9. The number of hydrogen-bond donors (Lipinski definition) is 1. The van der Waals surface area contributed by atoms with Crippen molar-refractivity contribution in [3.63, 3.8) is 0 Å². The highest BCUT2D eigenvalue weighted by molar-refractivity contribution is 5.91. The first-order chi connectivity index (χ1) is 13.8. The summed E-state index contributed by atoms with van der Waals surface area (Å²) in [6.45, 7) is 2.31. The number of aromatic nitrogens is 2. The molecule has 29 heavy (non-hydrogen) atoms. The Bertz CT molecular complexity index is 1140. The molecule has 1 saturated heterocycles. The number of nitrogens with zero attached hydrogens (tertiary/aromatic N) is 2. The fraction of sp³-hybridized carbons (Fsp3) is 0.240. The van der Waals surface area contributed by atoms with Gasteiger partial charge in [0.1, 0.15) is 7.05 Å². The van der Waals surface area contributed by atoms with Crippen LogP contribution in [-0.4, -0.2) is 18.1 Å². The second-order valence-corrected chi connectivity index (χ2v) is 7.72. The minimum Gasteiger partial charge on any atom is -1.00 e. The molecular formula is C25H26IN3. The van der Waals surface area contributed by atoms with E-state index >= 15 is 0 Å². The van der Waals surface area contributed by atoms with E-state index in [2.05, 4.69) is 94.3 Å². The summed E-state index contributed by atoms with van der Waals surface area (Å²) in [5.74, 6) is 0. The van der Waals surface area contributed by atoms with Crippen LogP contribution in [0.25, 0.3) is 34.0 Å². The number of para-hydroxylation sites is 2. The van der Waals surface area contributed by atoms with Crippen LogP contribution >= 0.6 is 0 Å². The molecule has 0 spiro atoms. The molecule has 3 heterocycles. The molecule has 0 unspecified atom stereocenters.